The molecule has 5 heteroatoms. The Bertz CT molecular complexity index is 83.4. The second-order valence-corrected chi connectivity index (χ2v) is 1.32. The Kier molecular flexibility index (Phi) is 3.41. The Hall–Kier alpha value is -0.393. The van der Waals surface area contributed by atoms with Gasteiger partial charge >= 0.3 is 16.5 Å². The molecule has 0 spiro atoms. The van der Waals surface area contributed by atoms with Crippen molar-refractivity contribution in [3.8, 4) is 0 Å². The Morgan fingerprint density at radius 2 is 2.38 bits per heavy atom. The molecule has 0 aliphatic rings. The van der Waals surface area contributed by atoms with Gasteiger partial charge < -0.3 is 14.6 Å². The van der Waals surface area contributed by atoms with Crippen LogP contribution in [0.15, 0.2) is 0 Å². The molecule has 0 aromatic rings. The highest BCUT2D eigenvalue weighted by Gasteiger charge is 2.11. The van der Waals surface area contributed by atoms with E-state index in [1.54, 1.807) is 0 Å². The van der Waals surface area contributed by atoms with Gasteiger partial charge in [-0.15, -0.1) is 0 Å². The molecule has 0 fully saturated rings. The van der Waals surface area contributed by atoms with Gasteiger partial charge in [-0.1, -0.05) is 0 Å². The summed E-state index contributed by atoms with van der Waals surface area (Å²) in [4.78, 5) is 10.1. The number of hydrogen-bond donors (Lipinski definition) is 2. The second-order valence-electron chi connectivity index (χ2n) is 1.12. The minimum atomic E-state index is -1.44. The van der Waals surface area contributed by atoms with Crippen molar-refractivity contribution < 1.29 is 19.4 Å². The Balaban J connectivity index is 3.46. The van der Waals surface area contributed by atoms with Gasteiger partial charge in [-0.3, -0.25) is 4.79 Å². The summed E-state index contributed by atoms with van der Waals surface area (Å²) in [6, 6.07) is 0. The number of aliphatic hydroxyl groups is 2. The lowest BCUT2D eigenvalue weighted by molar-refractivity contribution is -0.145. The third kappa shape index (κ3) is 2.06. The Labute approximate surface area is 49.6 Å². The van der Waals surface area contributed by atoms with Crippen molar-refractivity contribution in [1.82, 2.24) is 0 Å². The molecule has 1 atom stereocenters. The van der Waals surface area contributed by atoms with E-state index in [9.17, 15) is 4.79 Å². The van der Waals surface area contributed by atoms with E-state index in [4.69, 9.17) is 10.2 Å². The van der Waals surface area contributed by atoms with E-state index in [2.05, 4.69) is 14.9 Å². The summed E-state index contributed by atoms with van der Waals surface area (Å²) < 4.78 is 3.86. The van der Waals surface area contributed by atoms with E-state index >= 15 is 0 Å². The number of rotatable bonds is 2. The van der Waals surface area contributed by atoms with Crippen molar-refractivity contribution >= 4 is 16.5 Å². The number of carbonyl (C=O) groups is 1. The molecule has 2 N–H and O–H groups in total. The van der Waals surface area contributed by atoms with Gasteiger partial charge in [0.2, 0.25) is 0 Å². The topological polar surface area (TPSA) is 66.8 Å². The minimum absolute atomic E-state index is 0.622. The van der Waals surface area contributed by atoms with Gasteiger partial charge in [0, 0.05) is 0 Å². The van der Waals surface area contributed by atoms with Gasteiger partial charge in [-0.2, -0.15) is 0 Å². The lowest BCUT2D eigenvalue weighted by Gasteiger charge is -2.01. The van der Waals surface area contributed by atoms with Crippen LogP contribution in [0.5, 0.6) is 0 Å². The van der Waals surface area contributed by atoms with Gasteiger partial charge in [0.15, 0.2) is 6.10 Å². The predicted molar refractivity (Wildman–Crippen MR) is 24.9 cm³/mol. The summed E-state index contributed by atoms with van der Waals surface area (Å²) in [5.74, 6) is -0.899. The molecular formula is C3H5O4Si. The first-order valence-electron chi connectivity index (χ1n) is 1.88. The lowest BCUT2D eigenvalue weighted by atomic mass is 10.4. The summed E-state index contributed by atoms with van der Waals surface area (Å²) >= 11 is 0. The van der Waals surface area contributed by atoms with Crippen molar-refractivity contribution in [3.63, 3.8) is 0 Å². The maximum absolute atomic E-state index is 10.1. The number of hydrogen-bond acceptors (Lipinski definition) is 4. The zero-order valence-corrected chi connectivity index (χ0v) is 5.00. The molecule has 0 bridgehead atoms. The number of aliphatic hydroxyl groups excluding tert-OH is 2. The summed E-state index contributed by atoms with van der Waals surface area (Å²) in [5.41, 5.74) is 0. The lowest BCUT2D eigenvalue weighted by Crippen LogP contribution is -2.25. The van der Waals surface area contributed by atoms with Gasteiger partial charge in [0.05, 0.1) is 6.61 Å². The Morgan fingerprint density at radius 3 is 2.50 bits per heavy atom. The summed E-state index contributed by atoms with van der Waals surface area (Å²) in [7, 11) is 2.38. The molecule has 0 rings (SSSR count). The maximum Gasteiger partial charge on any atom is 0.345 e. The van der Waals surface area contributed by atoms with E-state index < -0.39 is 18.7 Å². The first-order valence-corrected chi connectivity index (χ1v) is 2.29. The van der Waals surface area contributed by atoms with Crippen LogP contribution in [0.4, 0.5) is 0 Å². The van der Waals surface area contributed by atoms with Crippen LogP contribution in [0.3, 0.4) is 0 Å². The zero-order valence-electron chi connectivity index (χ0n) is 4.00. The molecule has 0 aliphatic heterocycles. The molecule has 3 radical (unpaired) electrons. The van der Waals surface area contributed by atoms with Crippen LogP contribution in [0.2, 0.25) is 0 Å². The largest absolute Gasteiger partial charge is 0.514 e. The molecule has 0 aromatic carbocycles. The van der Waals surface area contributed by atoms with E-state index in [0.717, 1.165) is 0 Å². The van der Waals surface area contributed by atoms with Crippen LogP contribution in [-0.4, -0.2) is 39.4 Å². The van der Waals surface area contributed by atoms with Gasteiger partial charge in [0.1, 0.15) is 0 Å². The first kappa shape index (κ1) is 7.61. The monoisotopic (exact) mass is 133 g/mol. The van der Waals surface area contributed by atoms with Crippen LogP contribution in [0.1, 0.15) is 0 Å². The molecular weight excluding hydrogens is 128 g/mol. The highest BCUT2D eigenvalue weighted by molar-refractivity contribution is 6.06. The smallest absolute Gasteiger partial charge is 0.345 e. The fourth-order valence-electron chi connectivity index (χ4n) is 0.143. The van der Waals surface area contributed by atoms with Gasteiger partial charge in [-0.25, -0.2) is 0 Å². The molecule has 4 nitrogen and oxygen atoms in total. The first-order chi connectivity index (χ1) is 3.72. The van der Waals surface area contributed by atoms with Crippen LogP contribution in [0.25, 0.3) is 0 Å². The van der Waals surface area contributed by atoms with Crippen molar-refractivity contribution in [2.75, 3.05) is 6.61 Å². The SMILES string of the molecule is O=C(O[Si])C(O)CO. The highest BCUT2D eigenvalue weighted by Crippen LogP contribution is 1.81. The average Bonchev–Trinajstić information content (AvgIpc) is 1.84. The fourth-order valence-corrected chi connectivity index (χ4v) is 0.279. The van der Waals surface area contributed by atoms with Crippen LogP contribution >= 0.6 is 0 Å². The highest BCUT2D eigenvalue weighted by atomic mass is 28.2. The molecule has 0 aliphatic carbocycles. The van der Waals surface area contributed by atoms with E-state index in [1.165, 1.54) is 0 Å². The normalized spacial score (nSPS) is 12.9. The third-order valence-electron chi connectivity index (χ3n) is 0.546. The Morgan fingerprint density at radius 1 is 1.88 bits per heavy atom. The van der Waals surface area contributed by atoms with Crippen molar-refractivity contribution in [3.05, 3.63) is 0 Å². The average molecular weight is 133 g/mol. The molecule has 8 heavy (non-hydrogen) atoms. The molecule has 0 aromatic heterocycles. The van der Waals surface area contributed by atoms with Crippen molar-refractivity contribution in [2.24, 2.45) is 0 Å². The fraction of sp³-hybridized carbons (Fsp3) is 0.667. The molecule has 1 unspecified atom stereocenters. The van der Waals surface area contributed by atoms with Crippen molar-refractivity contribution in [1.29, 1.82) is 0 Å². The van der Waals surface area contributed by atoms with Crippen molar-refractivity contribution in [2.45, 2.75) is 6.10 Å². The maximum atomic E-state index is 10.1. The minimum Gasteiger partial charge on any atom is -0.514 e. The summed E-state index contributed by atoms with van der Waals surface area (Å²) in [6.45, 7) is -0.622. The van der Waals surface area contributed by atoms with E-state index in [0.29, 0.717) is 0 Å². The molecule has 0 saturated heterocycles. The summed E-state index contributed by atoms with van der Waals surface area (Å²) in [6.07, 6.45) is -1.44. The third-order valence-corrected chi connectivity index (χ3v) is 0.747. The van der Waals surface area contributed by atoms with E-state index in [1.807, 2.05) is 0 Å². The molecule has 0 amide bonds. The predicted octanol–water partition coefficient (Wildman–Crippen LogP) is -2.03. The van der Waals surface area contributed by atoms with Crippen LogP contribution in [-0.2, 0) is 9.22 Å². The number of carbonyl (C=O) groups excluding carboxylic acids is 1. The standard InChI is InChI=1S/C3H5O4Si/c4-1-2(5)3(6)7-8/h2,4-5H,1H2. The zero-order chi connectivity index (χ0) is 6.57. The molecule has 45 valence electrons. The van der Waals surface area contributed by atoms with Gasteiger partial charge in [-0.05, 0) is 0 Å². The van der Waals surface area contributed by atoms with Gasteiger partial charge in [0.25, 0.3) is 0 Å². The van der Waals surface area contributed by atoms with Crippen LogP contribution in [0, 0.1) is 0 Å². The summed E-state index contributed by atoms with van der Waals surface area (Å²) in [5, 5.41) is 16.4. The quantitative estimate of drug-likeness (QED) is 0.426. The van der Waals surface area contributed by atoms with Crippen LogP contribution < -0.4 is 0 Å². The van der Waals surface area contributed by atoms with E-state index in [-0.39, 0.29) is 0 Å². The molecule has 0 saturated carbocycles. The molecule has 0 heterocycles. The second kappa shape index (κ2) is 3.59.